The van der Waals surface area contributed by atoms with Crippen LogP contribution in [0.15, 0.2) is 36.4 Å². The van der Waals surface area contributed by atoms with Crippen LogP contribution in [-0.2, 0) is 9.59 Å². The first-order valence-electron chi connectivity index (χ1n) is 7.79. The normalized spacial score (nSPS) is 42.2. The number of benzene rings is 1. The van der Waals surface area contributed by atoms with Crippen LogP contribution in [0, 0.1) is 42.4 Å². The lowest BCUT2D eigenvalue weighted by Gasteiger charge is -2.37. The van der Waals surface area contributed by atoms with Crippen LogP contribution in [0.1, 0.15) is 12.0 Å². The van der Waals surface area contributed by atoms with Crippen LogP contribution >= 0.6 is 0 Å². The number of carbonyl (C=O) groups is 2. The molecule has 5 aliphatic rings. The maximum absolute atomic E-state index is 12.9. The number of carbonyl (C=O) groups excluding carboxylic acids is 2. The molecule has 1 heterocycles. The van der Waals surface area contributed by atoms with Crippen LogP contribution in [0.4, 0.5) is 5.69 Å². The third kappa shape index (κ3) is 1.34. The third-order valence-corrected chi connectivity index (χ3v) is 5.92. The Bertz CT molecular complexity index is 671. The monoisotopic (exact) mass is 279 g/mol. The second-order valence-electron chi connectivity index (χ2n) is 7.01. The van der Waals surface area contributed by atoms with Gasteiger partial charge in [0.1, 0.15) is 0 Å². The summed E-state index contributed by atoms with van der Waals surface area (Å²) in [5.41, 5.74) is 1.82. The Kier molecular flexibility index (Phi) is 2.04. The van der Waals surface area contributed by atoms with Crippen molar-refractivity contribution < 1.29 is 9.59 Å². The number of amides is 2. The van der Waals surface area contributed by atoms with Crippen LogP contribution < -0.4 is 4.90 Å². The predicted octanol–water partition coefficient (Wildman–Crippen LogP) is 2.55. The van der Waals surface area contributed by atoms with E-state index in [9.17, 15) is 9.59 Å². The molecular formula is C18H17NO2. The molecule has 1 aromatic carbocycles. The summed E-state index contributed by atoms with van der Waals surface area (Å²) < 4.78 is 0. The Morgan fingerprint density at radius 2 is 1.62 bits per heavy atom. The lowest BCUT2D eigenvalue weighted by molar-refractivity contribution is -0.124. The molecule has 1 aliphatic heterocycles. The average Bonchev–Trinajstić information content (AvgIpc) is 3.24. The number of hydrogen-bond acceptors (Lipinski definition) is 2. The predicted molar refractivity (Wildman–Crippen MR) is 78.4 cm³/mol. The smallest absolute Gasteiger partial charge is 0.238 e. The van der Waals surface area contributed by atoms with Gasteiger partial charge in [-0.25, -0.2) is 0 Å². The van der Waals surface area contributed by atoms with Crippen molar-refractivity contribution in [2.75, 3.05) is 4.90 Å². The van der Waals surface area contributed by atoms with Gasteiger partial charge in [0.25, 0.3) is 0 Å². The van der Waals surface area contributed by atoms with Crippen molar-refractivity contribution in [1.29, 1.82) is 0 Å². The van der Waals surface area contributed by atoms with Gasteiger partial charge in [0, 0.05) is 0 Å². The third-order valence-electron chi connectivity index (χ3n) is 5.92. The number of nitrogens with zero attached hydrogens (tertiary/aromatic N) is 1. The molecule has 1 saturated heterocycles. The fourth-order valence-electron chi connectivity index (χ4n) is 4.98. The van der Waals surface area contributed by atoms with Crippen molar-refractivity contribution in [3.8, 4) is 0 Å². The molecule has 106 valence electrons. The lowest BCUT2D eigenvalue weighted by Crippen LogP contribution is -2.40. The summed E-state index contributed by atoms with van der Waals surface area (Å²) in [5, 5.41) is 0. The molecule has 6 atom stereocenters. The maximum atomic E-state index is 12.9. The fourth-order valence-corrected chi connectivity index (χ4v) is 4.98. The van der Waals surface area contributed by atoms with Crippen molar-refractivity contribution in [2.45, 2.75) is 13.3 Å². The van der Waals surface area contributed by atoms with E-state index in [0.717, 1.165) is 11.3 Å². The standard InChI is InChI=1S/C18H17NO2/c1-9-3-2-4-10(7-9)19-17(20)15-11-5-6-12(14-8-13(11)14)16(15)18(19)21/h2-7,11-16H,8H2,1H3/t11-,12-,13-,14+,15-,16+/m1/s1. The number of allylic oxidation sites excluding steroid dienone is 2. The molecule has 2 amide bonds. The molecule has 3 nitrogen and oxygen atoms in total. The number of rotatable bonds is 1. The molecule has 0 N–H and O–H groups in total. The molecule has 4 aliphatic carbocycles. The second-order valence-corrected chi connectivity index (χ2v) is 7.01. The lowest BCUT2D eigenvalue weighted by atomic mass is 9.63. The van der Waals surface area contributed by atoms with Gasteiger partial charge >= 0.3 is 0 Å². The molecule has 0 spiro atoms. The van der Waals surface area contributed by atoms with Crippen LogP contribution in [0.5, 0.6) is 0 Å². The van der Waals surface area contributed by atoms with Crippen molar-refractivity contribution in [1.82, 2.24) is 0 Å². The van der Waals surface area contributed by atoms with E-state index >= 15 is 0 Å². The molecule has 0 radical (unpaired) electrons. The first-order valence-corrected chi connectivity index (χ1v) is 7.79. The average molecular weight is 279 g/mol. The Hall–Kier alpha value is -1.90. The summed E-state index contributed by atoms with van der Waals surface area (Å²) in [6.07, 6.45) is 5.64. The minimum absolute atomic E-state index is 0.0281. The Balaban J connectivity index is 1.60. The van der Waals surface area contributed by atoms with Gasteiger partial charge in [-0.2, -0.15) is 0 Å². The van der Waals surface area contributed by atoms with Gasteiger partial charge in [-0.05, 0) is 54.7 Å². The topological polar surface area (TPSA) is 37.4 Å². The van der Waals surface area contributed by atoms with Gasteiger partial charge in [0.15, 0.2) is 0 Å². The molecule has 3 fully saturated rings. The van der Waals surface area contributed by atoms with Crippen molar-refractivity contribution in [3.05, 3.63) is 42.0 Å². The van der Waals surface area contributed by atoms with E-state index in [1.165, 1.54) is 11.3 Å². The Morgan fingerprint density at radius 3 is 2.19 bits per heavy atom. The van der Waals surface area contributed by atoms with E-state index in [1.54, 1.807) is 0 Å². The van der Waals surface area contributed by atoms with Gasteiger partial charge in [-0.3, -0.25) is 14.5 Å². The molecule has 21 heavy (non-hydrogen) atoms. The molecule has 2 saturated carbocycles. The van der Waals surface area contributed by atoms with Crippen molar-refractivity contribution in [3.63, 3.8) is 0 Å². The highest BCUT2D eigenvalue weighted by Gasteiger charge is 2.67. The minimum Gasteiger partial charge on any atom is -0.274 e. The second kappa shape index (κ2) is 3.65. The molecule has 2 bridgehead atoms. The number of imide groups is 1. The highest BCUT2D eigenvalue weighted by Crippen LogP contribution is 2.65. The quantitative estimate of drug-likeness (QED) is 0.585. The number of hydrogen-bond donors (Lipinski definition) is 0. The summed E-state index contributed by atoms with van der Waals surface area (Å²) >= 11 is 0. The zero-order valence-corrected chi connectivity index (χ0v) is 11.9. The van der Waals surface area contributed by atoms with Crippen LogP contribution in [-0.4, -0.2) is 11.8 Å². The summed E-state index contributed by atoms with van der Waals surface area (Å²) in [5.74, 6) is 1.78. The summed E-state index contributed by atoms with van der Waals surface area (Å²) in [6.45, 7) is 1.99. The summed E-state index contributed by atoms with van der Waals surface area (Å²) in [6, 6.07) is 7.71. The van der Waals surface area contributed by atoms with Crippen molar-refractivity contribution >= 4 is 17.5 Å². The molecule has 1 aromatic rings. The maximum Gasteiger partial charge on any atom is 0.238 e. The highest BCUT2D eigenvalue weighted by molar-refractivity contribution is 6.22. The molecule has 0 aromatic heterocycles. The zero-order valence-electron chi connectivity index (χ0n) is 11.9. The van der Waals surface area contributed by atoms with E-state index in [4.69, 9.17) is 0 Å². The van der Waals surface area contributed by atoms with Gasteiger partial charge in [-0.1, -0.05) is 24.3 Å². The summed E-state index contributed by atoms with van der Waals surface area (Å²) in [4.78, 5) is 27.2. The largest absolute Gasteiger partial charge is 0.274 e. The van der Waals surface area contributed by atoms with Crippen molar-refractivity contribution in [2.24, 2.45) is 35.5 Å². The summed E-state index contributed by atoms with van der Waals surface area (Å²) in [7, 11) is 0. The first-order chi connectivity index (χ1) is 10.2. The molecule has 3 heteroatoms. The SMILES string of the molecule is Cc1cccc(N2C(=O)[C@@H]3[C@@H]4C=C[C@H]([C@@H]5C[C@H]45)[C@@H]3C2=O)c1. The highest BCUT2D eigenvalue weighted by atomic mass is 16.2. The van der Waals surface area contributed by atoms with E-state index in [0.29, 0.717) is 23.7 Å². The van der Waals surface area contributed by atoms with E-state index in [2.05, 4.69) is 12.2 Å². The van der Waals surface area contributed by atoms with Gasteiger partial charge < -0.3 is 0 Å². The molecule has 6 rings (SSSR count). The Labute approximate surface area is 123 Å². The Morgan fingerprint density at radius 1 is 1.00 bits per heavy atom. The zero-order chi connectivity index (χ0) is 14.3. The number of anilines is 1. The van der Waals surface area contributed by atoms with Gasteiger partial charge in [0.2, 0.25) is 11.8 Å². The molecular weight excluding hydrogens is 262 g/mol. The molecule has 0 unspecified atom stereocenters. The van der Waals surface area contributed by atoms with Gasteiger partial charge in [-0.15, -0.1) is 0 Å². The minimum atomic E-state index is -0.100. The first kappa shape index (κ1) is 11.7. The van der Waals surface area contributed by atoms with Gasteiger partial charge in [0.05, 0.1) is 17.5 Å². The van der Waals surface area contributed by atoms with Crippen LogP contribution in [0.2, 0.25) is 0 Å². The van der Waals surface area contributed by atoms with E-state index < -0.39 is 0 Å². The van der Waals surface area contributed by atoms with Crippen LogP contribution in [0.3, 0.4) is 0 Å². The van der Waals surface area contributed by atoms with E-state index in [1.807, 2.05) is 31.2 Å². The fraction of sp³-hybridized carbons (Fsp3) is 0.444. The van der Waals surface area contributed by atoms with E-state index in [-0.39, 0.29) is 23.7 Å². The number of aryl methyl sites for hydroxylation is 1. The van der Waals surface area contributed by atoms with Crippen LogP contribution in [0.25, 0.3) is 0 Å².